The molecule has 2 unspecified atom stereocenters. The van der Waals surface area contributed by atoms with E-state index in [4.69, 9.17) is 16.9 Å². The minimum atomic E-state index is 0.00268. The van der Waals surface area contributed by atoms with Crippen LogP contribution in [0, 0.1) is 17.2 Å². The molecule has 0 aliphatic heterocycles. The molecule has 2 aromatic rings. The van der Waals surface area contributed by atoms with E-state index in [0.717, 1.165) is 4.34 Å². The average molecular weight is 297 g/mol. The van der Waals surface area contributed by atoms with E-state index < -0.39 is 0 Å². The fourth-order valence-corrected chi connectivity index (χ4v) is 3.67. The van der Waals surface area contributed by atoms with Crippen LogP contribution in [-0.4, -0.2) is 6.54 Å². The summed E-state index contributed by atoms with van der Waals surface area (Å²) in [6, 6.07) is 10.5. The van der Waals surface area contributed by atoms with Crippen LogP contribution in [0.15, 0.2) is 29.6 Å². The maximum atomic E-state index is 8.85. The van der Waals surface area contributed by atoms with Gasteiger partial charge in [0.1, 0.15) is 0 Å². The Hall–Kier alpha value is -0.860. The van der Waals surface area contributed by atoms with Crippen LogP contribution in [-0.2, 0) is 0 Å². The van der Waals surface area contributed by atoms with E-state index in [-0.39, 0.29) is 12.0 Å². The van der Waals surface area contributed by atoms with Gasteiger partial charge >= 0.3 is 0 Å². The normalized spacial score (nSPS) is 14.1. The molecule has 0 radical (unpaired) electrons. The molecular formula is C13H13ClN2S2. The lowest BCUT2D eigenvalue weighted by molar-refractivity contribution is 0.559. The van der Waals surface area contributed by atoms with Gasteiger partial charge in [0, 0.05) is 16.3 Å². The third-order valence-corrected chi connectivity index (χ3v) is 4.79. The summed E-state index contributed by atoms with van der Waals surface area (Å²) in [5.74, 6) is 0.00268. The van der Waals surface area contributed by atoms with Gasteiger partial charge in [-0.3, -0.25) is 0 Å². The van der Waals surface area contributed by atoms with Crippen LogP contribution < -0.4 is 5.32 Å². The summed E-state index contributed by atoms with van der Waals surface area (Å²) in [5, 5.41) is 14.4. The van der Waals surface area contributed by atoms with Gasteiger partial charge in [0.15, 0.2) is 0 Å². The van der Waals surface area contributed by atoms with E-state index in [0.29, 0.717) is 6.54 Å². The molecule has 2 heterocycles. The Morgan fingerprint density at radius 3 is 2.78 bits per heavy atom. The van der Waals surface area contributed by atoms with Gasteiger partial charge in [0.05, 0.1) is 22.4 Å². The van der Waals surface area contributed by atoms with E-state index >= 15 is 0 Å². The summed E-state index contributed by atoms with van der Waals surface area (Å²) < 4.78 is 0.793. The Morgan fingerprint density at radius 1 is 1.39 bits per heavy atom. The predicted molar refractivity (Wildman–Crippen MR) is 78.3 cm³/mol. The summed E-state index contributed by atoms with van der Waals surface area (Å²) in [5.41, 5.74) is 0. The van der Waals surface area contributed by atoms with Crippen molar-refractivity contribution < 1.29 is 0 Å². The fraction of sp³-hybridized carbons (Fsp3) is 0.308. The SMILES string of the molecule is CC(C#N)CNC(c1cccs1)c1ccc(Cl)s1. The monoisotopic (exact) mass is 296 g/mol. The second-order valence-corrected chi connectivity index (χ2v) is 6.75. The van der Waals surface area contributed by atoms with Gasteiger partial charge in [0.25, 0.3) is 0 Å². The lowest BCUT2D eigenvalue weighted by Gasteiger charge is -2.16. The molecule has 0 fully saturated rings. The lowest BCUT2D eigenvalue weighted by Crippen LogP contribution is -2.25. The van der Waals surface area contributed by atoms with Gasteiger partial charge in [-0.1, -0.05) is 17.7 Å². The van der Waals surface area contributed by atoms with Gasteiger partial charge in [-0.15, -0.1) is 22.7 Å². The molecule has 0 aliphatic rings. The number of hydrogen-bond acceptors (Lipinski definition) is 4. The highest BCUT2D eigenvalue weighted by molar-refractivity contribution is 7.16. The van der Waals surface area contributed by atoms with Gasteiger partial charge < -0.3 is 5.32 Å². The summed E-state index contributed by atoms with van der Waals surface area (Å²) in [6.45, 7) is 2.59. The number of nitrogens with one attached hydrogen (secondary N) is 1. The highest BCUT2D eigenvalue weighted by atomic mass is 35.5. The highest BCUT2D eigenvalue weighted by Crippen LogP contribution is 2.33. The number of hydrogen-bond donors (Lipinski definition) is 1. The molecule has 2 rings (SSSR count). The first-order valence-electron chi connectivity index (χ1n) is 5.62. The van der Waals surface area contributed by atoms with E-state index in [9.17, 15) is 0 Å². The second kappa shape index (κ2) is 6.35. The summed E-state index contributed by atoms with van der Waals surface area (Å²) in [4.78, 5) is 2.44. The fourth-order valence-electron chi connectivity index (χ4n) is 1.62. The molecule has 0 aromatic carbocycles. The predicted octanol–water partition coefficient (Wildman–Crippen LogP) is 4.30. The average Bonchev–Trinajstić information content (AvgIpc) is 3.01. The van der Waals surface area contributed by atoms with Crippen LogP contribution in [0.3, 0.4) is 0 Å². The number of halogens is 1. The third-order valence-electron chi connectivity index (χ3n) is 2.55. The molecule has 0 aliphatic carbocycles. The first-order valence-corrected chi connectivity index (χ1v) is 7.69. The van der Waals surface area contributed by atoms with Crippen LogP contribution >= 0.6 is 34.3 Å². The molecule has 18 heavy (non-hydrogen) atoms. The van der Waals surface area contributed by atoms with Crippen molar-refractivity contribution in [3.63, 3.8) is 0 Å². The van der Waals surface area contributed by atoms with Crippen molar-refractivity contribution in [2.45, 2.75) is 13.0 Å². The van der Waals surface area contributed by atoms with E-state index in [2.05, 4.69) is 22.8 Å². The minimum Gasteiger partial charge on any atom is -0.304 e. The Bertz CT molecular complexity index is 527. The first-order chi connectivity index (χ1) is 8.70. The zero-order valence-corrected chi connectivity index (χ0v) is 12.3. The van der Waals surface area contributed by atoms with Crippen molar-refractivity contribution in [2.75, 3.05) is 6.54 Å². The topological polar surface area (TPSA) is 35.8 Å². The standard InChI is InChI=1S/C13H13ClN2S2/c1-9(7-15)8-16-13(10-3-2-6-17-10)11-4-5-12(14)18-11/h2-6,9,13,16H,8H2,1H3. The molecular weight excluding hydrogens is 284 g/mol. The number of nitriles is 1. The number of thiophene rings is 2. The molecule has 2 atom stereocenters. The summed E-state index contributed by atoms with van der Waals surface area (Å²) >= 11 is 9.29. The van der Waals surface area contributed by atoms with Crippen molar-refractivity contribution in [1.29, 1.82) is 5.26 Å². The second-order valence-electron chi connectivity index (χ2n) is 4.03. The third kappa shape index (κ3) is 3.33. The van der Waals surface area contributed by atoms with Crippen molar-refractivity contribution in [2.24, 2.45) is 5.92 Å². The highest BCUT2D eigenvalue weighted by Gasteiger charge is 2.17. The van der Waals surface area contributed by atoms with Crippen molar-refractivity contribution in [1.82, 2.24) is 5.32 Å². The number of rotatable bonds is 5. The molecule has 2 aromatic heterocycles. The van der Waals surface area contributed by atoms with Crippen molar-refractivity contribution in [3.05, 3.63) is 43.7 Å². The van der Waals surface area contributed by atoms with E-state index in [1.54, 1.807) is 22.7 Å². The van der Waals surface area contributed by atoms with Crippen LogP contribution in [0.5, 0.6) is 0 Å². The van der Waals surface area contributed by atoms with Gasteiger partial charge in [-0.2, -0.15) is 5.26 Å². The van der Waals surface area contributed by atoms with Crippen molar-refractivity contribution in [3.8, 4) is 6.07 Å². The molecule has 1 N–H and O–H groups in total. The summed E-state index contributed by atoms with van der Waals surface area (Å²) in [7, 11) is 0. The molecule has 0 saturated heterocycles. The Labute approximate surface area is 120 Å². The van der Waals surface area contributed by atoms with Gasteiger partial charge in [-0.05, 0) is 30.5 Å². The lowest BCUT2D eigenvalue weighted by atomic mass is 10.1. The van der Waals surface area contributed by atoms with E-state index in [1.807, 2.05) is 25.1 Å². The molecule has 0 spiro atoms. The van der Waals surface area contributed by atoms with Crippen LogP contribution in [0.4, 0.5) is 0 Å². The molecule has 2 nitrogen and oxygen atoms in total. The molecule has 0 saturated carbocycles. The van der Waals surface area contributed by atoms with Crippen LogP contribution in [0.25, 0.3) is 0 Å². The van der Waals surface area contributed by atoms with Crippen LogP contribution in [0.1, 0.15) is 22.7 Å². The molecule has 0 amide bonds. The Kier molecular flexibility index (Phi) is 4.79. The molecule has 0 bridgehead atoms. The Morgan fingerprint density at radius 2 is 2.22 bits per heavy atom. The molecule has 5 heteroatoms. The number of nitrogens with zero attached hydrogens (tertiary/aromatic N) is 1. The summed E-state index contributed by atoms with van der Waals surface area (Å²) in [6.07, 6.45) is 0. The van der Waals surface area contributed by atoms with Gasteiger partial charge in [-0.25, -0.2) is 0 Å². The largest absolute Gasteiger partial charge is 0.304 e. The van der Waals surface area contributed by atoms with Gasteiger partial charge in [0.2, 0.25) is 0 Å². The maximum Gasteiger partial charge on any atom is 0.0931 e. The smallest absolute Gasteiger partial charge is 0.0931 e. The zero-order chi connectivity index (χ0) is 13.0. The van der Waals surface area contributed by atoms with E-state index in [1.165, 1.54) is 9.75 Å². The first kappa shape index (κ1) is 13.6. The quantitative estimate of drug-likeness (QED) is 0.893. The Balaban J connectivity index is 2.17. The molecule has 94 valence electrons. The minimum absolute atomic E-state index is 0.00268. The maximum absolute atomic E-state index is 8.85. The van der Waals surface area contributed by atoms with Crippen LogP contribution in [0.2, 0.25) is 4.34 Å². The van der Waals surface area contributed by atoms with Crippen molar-refractivity contribution >= 4 is 34.3 Å². The zero-order valence-electron chi connectivity index (χ0n) is 9.89.